The standard InChI is InChI=1S/C23H24BrN5O2S/c24-16-3-1-4-17(13-16)27-22-21-18-6-8-29(14-19(18)32-23(21)26-15-25-22)20(30)5-2-7-28-9-11-31-12-10-28/h1-5,13,15H,6-12,14H2,(H,25,26,27)/b5-2+. The quantitative estimate of drug-likeness (QED) is 0.520. The Morgan fingerprint density at radius 1 is 1.25 bits per heavy atom. The van der Waals surface area contributed by atoms with E-state index in [9.17, 15) is 4.79 Å². The molecule has 1 aromatic carbocycles. The number of amides is 1. The summed E-state index contributed by atoms with van der Waals surface area (Å²) < 4.78 is 6.38. The Kier molecular flexibility index (Phi) is 6.49. The van der Waals surface area contributed by atoms with Gasteiger partial charge in [0.25, 0.3) is 0 Å². The lowest BCUT2D eigenvalue weighted by atomic mass is 10.0. The van der Waals surface area contributed by atoms with Crippen molar-refractivity contribution in [2.24, 2.45) is 0 Å². The lowest BCUT2D eigenvalue weighted by Gasteiger charge is -2.27. The third kappa shape index (κ3) is 4.71. The molecule has 1 fully saturated rings. The molecule has 0 atom stereocenters. The van der Waals surface area contributed by atoms with Crippen molar-refractivity contribution in [3.05, 3.63) is 57.7 Å². The maximum absolute atomic E-state index is 12.8. The van der Waals surface area contributed by atoms with Gasteiger partial charge in [-0.1, -0.05) is 28.1 Å². The molecule has 7 nitrogen and oxygen atoms in total. The second kappa shape index (κ2) is 9.66. The van der Waals surface area contributed by atoms with Crippen LogP contribution in [0.3, 0.4) is 0 Å². The number of carbonyl (C=O) groups is 1. The van der Waals surface area contributed by atoms with Gasteiger partial charge in [0.05, 0.1) is 25.1 Å². The molecule has 1 saturated heterocycles. The fourth-order valence-corrected chi connectivity index (χ4v) is 5.71. The Morgan fingerprint density at radius 3 is 2.97 bits per heavy atom. The number of anilines is 2. The average molecular weight is 514 g/mol. The van der Waals surface area contributed by atoms with E-state index in [0.717, 1.165) is 65.5 Å². The van der Waals surface area contributed by atoms with E-state index >= 15 is 0 Å². The molecule has 0 bridgehead atoms. The molecule has 4 heterocycles. The van der Waals surface area contributed by atoms with Crippen molar-refractivity contribution in [3.63, 3.8) is 0 Å². The zero-order valence-electron chi connectivity index (χ0n) is 17.6. The van der Waals surface area contributed by atoms with Crippen LogP contribution >= 0.6 is 27.3 Å². The summed E-state index contributed by atoms with van der Waals surface area (Å²) in [6.07, 6.45) is 6.09. The topological polar surface area (TPSA) is 70.6 Å². The molecule has 0 saturated carbocycles. The molecule has 2 aromatic heterocycles. The van der Waals surface area contributed by atoms with Crippen LogP contribution in [0.25, 0.3) is 10.2 Å². The van der Waals surface area contributed by atoms with Crippen LogP contribution in [-0.4, -0.2) is 65.1 Å². The largest absolute Gasteiger partial charge is 0.379 e. The van der Waals surface area contributed by atoms with Crippen LogP contribution in [0.4, 0.5) is 11.5 Å². The highest BCUT2D eigenvalue weighted by Gasteiger charge is 2.25. The Hall–Kier alpha value is -2.33. The number of hydrogen-bond acceptors (Lipinski definition) is 7. The summed E-state index contributed by atoms with van der Waals surface area (Å²) in [4.78, 5) is 28.1. The zero-order valence-corrected chi connectivity index (χ0v) is 20.0. The van der Waals surface area contributed by atoms with Crippen molar-refractivity contribution < 1.29 is 9.53 Å². The van der Waals surface area contributed by atoms with Gasteiger partial charge < -0.3 is 15.0 Å². The summed E-state index contributed by atoms with van der Waals surface area (Å²) in [5.41, 5.74) is 2.22. The van der Waals surface area contributed by atoms with Gasteiger partial charge in [0, 0.05) is 47.3 Å². The molecule has 32 heavy (non-hydrogen) atoms. The van der Waals surface area contributed by atoms with Crippen LogP contribution in [0, 0.1) is 0 Å². The number of hydrogen-bond donors (Lipinski definition) is 1. The molecule has 0 spiro atoms. The maximum Gasteiger partial charge on any atom is 0.246 e. The highest BCUT2D eigenvalue weighted by atomic mass is 79.9. The molecule has 0 aliphatic carbocycles. The van der Waals surface area contributed by atoms with E-state index in [1.54, 1.807) is 23.7 Å². The minimum Gasteiger partial charge on any atom is -0.379 e. The molecule has 166 valence electrons. The lowest BCUT2D eigenvalue weighted by Crippen LogP contribution is -2.37. The van der Waals surface area contributed by atoms with Gasteiger partial charge in [-0.05, 0) is 30.2 Å². The number of fused-ring (bicyclic) bond motifs is 3. The van der Waals surface area contributed by atoms with E-state index in [4.69, 9.17) is 4.74 Å². The number of benzene rings is 1. The minimum absolute atomic E-state index is 0.0694. The highest BCUT2D eigenvalue weighted by molar-refractivity contribution is 9.10. The van der Waals surface area contributed by atoms with E-state index in [1.807, 2.05) is 35.2 Å². The first kappa shape index (κ1) is 21.5. The normalized spacial score (nSPS) is 17.1. The number of morpholine rings is 1. The predicted molar refractivity (Wildman–Crippen MR) is 130 cm³/mol. The van der Waals surface area contributed by atoms with Gasteiger partial charge in [-0.15, -0.1) is 11.3 Å². The van der Waals surface area contributed by atoms with E-state index in [2.05, 4.69) is 36.1 Å². The summed E-state index contributed by atoms with van der Waals surface area (Å²) in [5.74, 6) is 0.885. The molecular formula is C23H24BrN5O2S. The smallest absolute Gasteiger partial charge is 0.246 e. The van der Waals surface area contributed by atoms with Crippen molar-refractivity contribution >= 4 is 54.9 Å². The molecule has 2 aliphatic rings. The second-order valence-electron chi connectivity index (χ2n) is 7.87. The predicted octanol–water partition coefficient (Wildman–Crippen LogP) is 3.97. The van der Waals surface area contributed by atoms with E-state index in [1.165, 1.54) is 10.4 Å². The minimum atomic E-state index is 0.0694. The van der Waals surface area contributed by atoms with Crippen LogP contribution in [-0.2, 0) is 22.5 Å². The molecule has 5 rings (SSSR count). The summed E-state index contributed by atoms with van der Waals surface area (Å²) in [7, 11) is 0. The molecule has 2 aliphatic heterocycles. The lowest BCUT2D eigenvalue weighted by molar-refractivity contribution is -0.126. The number of thiophene rings is 1. The Balaban J connectivity index is 1.31. The number of halogens is 1. The van der Waals surface area contributed by atoms with Crippen LogP contribution in [0.1, 0.15) is 10.4 Å². The number of nitrogens with zero attached hydrogens (tertiary/aromatic N) is 4. The van der Waals surface area contributed by atoms with Crippen molar-refractivity contribution in [1.29, 1.82) is 0 Å². The van der Waals surface area contributed by atoms with Crippen LogP contribution < -0.4 is 5.32 Å². The third-order valence-corrected chi connectivity index (χ3v) is 7.38. The summed E-state index contributed by atoms with van der Waals surface area (Å²) >= 11 is 5.17. The van der Waals surface area contributed by atoms with E-state index < -0.39 is 0 Å². The van der Waals surface area contributed by atoms with Gasteiger partial charge in [0.1, 0.15) is 17.0 Å². The van der Waals surface area contributed by atoms with Gasteiger partial charge in [0.15, 0.2) is 0 Å². The number of carbonyl (C=O) groups excluding carboxylic acids is 1. The Morgan fingerprint density at radius 2 is 2.12 bits per heavy atom. The first-order chi connectivity index (χ1) is 15.7. The molecule has 0 radical (unpaired) electrons. The van der Waals surface area contributed by atoms with Crippen LogP contribution in [0.5, 0.6) is 0 Å². The van der Waals surface area contributed by atoms with Crippen molar-refractivity contribution in [2.75, 3.05) is 44.7 Å². The van der Waals surface area contributed by atoms with E-state index in [0.29, 0.717) is 13.1 Å². The van der Waals surface area contributed by atoms with Crippen LogP contribution in [0.15, 0.2) is 47.2 Å². The van der Waals surface area contributed by atoms with Crippen molar-refractivity contribution in [2.45, 2.75) is 13.0 Å². The summed E-state index contributed by atoms with van der Waals surface area (Å²) in [5, 5.41) is 4.51. The molecule has 3 aromatic rings. The number of nitrogens with one attached hydrogen (secondary N) is 1. The summed E-state index contributed by atoms with van der Waals surface area (Å²) in [6, 6.07) is 8.02. The van der Waals surface area contributed by atoms with Gasteiger partial charge >= 0.3 is 0 Å². The molecular weight excluding hydrogens is 490 g/mol. The SMILES string of the molecule is O=C(/C=C/CN1CCOCC1)N1CCc2c(sc3ncnc(Nc4cccc(Br)c4)c23)C1. The number of ether oxygens (including phenoxy) is 1. The van der Waals surface area contributed by atoms with Crippen molar-refractivity contribution in [3.8, 4) is 0 Å². The van der Waals surface area contributed by atoms with Gasteiger partial charge in [-0.2, -0.15) is 0 Å². The number of aromatic nitrogens is 2. The molecule has 1 amide bonds. The number of rotatable bonds is 5. The molecule has 9 heteroatoms. The first-order valence-electron chi connectivity index (χ1n) is 10.7. The Labute approximate surface area is 199 Å². The van der Waals surface area contributed by atoms with Crippen molar-refractivity contribution in [1.82, 2.24) is 19.8 Å². The third-order valence-electron chi connectivity index (χ3n) is 5.76. The zero-order chi connectivity index (χ0) is 21.9. The Bertz CT molecular complexity index is 1160. The first-order valence-corrected chi connectivity index (χ1v) is 12.3. The van der Waals surface area contributed by atoms with E-state index in [-0.39, 0.29) is 5.91 Å². The van der Waals surface area contributed by atoms with Gasteiger partial charge in [0.2, 0.25) is 5.91 Å². The fourth-order valence-electron chi connectivity index (χ4n) is 4.11. The maximum atomic E-state index is 12.8. The average Bonchev–Trinajstić information content (AvgIpc) is 3.18. The van der Waals surface area contributed by atoms with Gasteiger partial charge in [-0.3, -0.25) is 9.69 Å². The molecule has 0 unspecified atom stereocenters. The second-order valence-corrected chi connectivity index (χ2v) is 9.87. The highest BCUT2D eigenvalue weighted by Crippen LogP contribution is 2.38. The fraction of sp³-hybridized carbons (Fsp3) is 0.348. The van der Waals surface area contributed by atoms with Crippen LogP contribution in [0.2, 0.25) is 0 Å². The van der Waals surface area contributed by atoms with Gasteiger partial charge in [-0.25, -0.2) is 9.97 Å². The summed E-state index contributed by atoms with van der Waals surface area (Å²) in [6.45, 7) is 5.48. The monoisotopic (exact) mass is 513 g/mol. The molecule has 1 N–H and O–H groups in total.